The SMILES string of the molecule is CCC(C)NC(=O)c1nn2c(C(F)(F)F)cc(-c3cccc(OC)c3)nc2c1Cl. The Kier molecular flexibility index (Phi) is 5.70. The first-order valence-electron chi connectivity index (χ1n) is 8.77. The lowest BCUT2D eigenvalue weighted by molar-refractivity contribution is -0.142. The maximum Gasteiger partial charge on any atom is 0.433 e. The summed E-state index contributed by atoms with van der Waals surface area (Å²) in [5, 5.41) is 6.19. The third kappa shape index (κ3) is 4.14. The van der Waals surface area contributed by atoms with Crippen LogP contribution in [0.3, 0.4) is 0 Å². The predicted molar refractivity (Wildman–Crippen MR) is 102 cm³/mol. The smallest absolute Gasteiger partial charge is 0.433 e. The molecule has 0 aliphatic heterocycles. The van der Waals surface area contributed by atoms with E-state index in [9.17, 15) is 18.0 Å². The number of methoxy groups -OCH3 is 1. The van der Waals surface area contributed by atoms with Gasteiger partial charge in [-0.2, -0.15) is 18.3 Å². The molecule has 2 aromatic heterocycles. The molecule has 0 aliphatic rings. The highest BCUT2D eigenvalue weighted by molar-refractivity contribution is 6.36. The first-order valence-corrected chi connectivity index (χ1v) is 9.15. The lowest BCUT2D eigenvalue weighted by Gasteiger charge is -2.11. The van der Waals surface area contributed by atoms with Crippen LogP contribution in [0.2, 0.25) is 5.02 Å². The molecule has 154 valence electrons. The number of amides is 1. The summed E-state index contributed by atoms with van der Waals surface area (Å²) in [6.45, 7) is 3.63. The number of hydrogen-bond donors (Lipinski definition) is 1. The zero-order valence-electron chi connectivity index (χ0n) is 15.8. The average Bonchev–Trinajstić information content (AvgIpc) is 3.03. The van der Waals surface area contributed by atoms with Crippen LogP contribution in [0.25, 0.3) is 16.9 Å². The maximum absolute atomic E-state index is 13.7. The number of nitrogens with zero attached hydrogens (tertiary/aromatic N) is 3. The molecule has 1 amide bonds. The van der Waals surface area contributed by atoms with Gasteiger partial charge >= 0.3 is 6.18 Å². The fourth-order valence-corrected chi connectivity index (χ4v) is 2.91. The van der Waals surface area contributed by atoms with Crippen LogP contribution in [0.5, 0.6) is 5.75 Å². The second kappa shape index (κ2) is 7.90. The molecule has 1 unspecified atom stereocenters. The monoisotopic (exact) mass is 426 g/mol. The van der Waals surface area contributed by atoms with Crippen LogP contribution in [0.4, 0.5) is 13.2 Å². The van der Waals surface area contributed by atoms with Gasteiger partial charge in [0.1, 0.15) is 10.8 Å². The molecular weight excluding hydrogens is 409 g/mol. The first kappa shape index (κ1) is 20.9. The van der Waals surface area contributed by atoms with Crippen molar-refractivity contribution < 1.29 is 22.7 Å². The Morgan fingerprint density at radius 1 is 1.34 bits per heavy atom. The van der Waals surface area contributed by atoms with Crippen molar-refractivity contribution in [3.8, 4) is 17.0 Å². The highest BCUT2D eigenvalue weighted by Gasteiger charge is 2.36. The summed E-state index contributed by atoms with van der Waals surface area (Å²) < 4.78 is 46.8. The number of fused-ring (bicyclic) bond motifs is 1. The van der Waals surface area contributed by atoms with E-state index in [1.165, 1.54) is 7.11 Å². The Morgan fingerprint density at radius 2 is 2.07 bits per heavy atom. The number of hydrogen-bond acceptors (Lipinski definition) is 4. The van der Waals surface area contributed by atoms with E-state index in [4.69, 9.17) is 16.3 Å². The van der Waals surface area contributed by atoms with E-state index in [1.807, 2.05) is 6.92 Å². The summed E-state index contributed by atoms with van der Waals surface area (Å²) >= 11 is 6.22. The van der Waals surface area contributed by atoms with Gasteiger partial charge in [0.25, 0.3) is 5.91 Å². The number of carbonyl (C=O) groups excluding carboxylic acids is 1. The van der Waals surface area contributed by atoms with E-state index < -0.39 is 17.8 Å². The minimum absolute atomic E-state index is 0.0272. The summed E-state index contributed by atoms with van der Waals surface area (Å²) in [5.74, 6) is -0.197. The molecule has 10 heteroatoms. The lowest BCUT2D eigenvalue weighted by atomic mass is 10.1. The molecule has 0 radical (unpaired) electrons. The minimum atomic E-state index is -4.74. The third-order valence-corrected chi connectivity index (χ3v) is 4.74. The van der Waals surface area contributed by atoms with E-state index >= 15 is 0 Å². The molecule has 6 nitrogen and oxygen atoms in total. The second-order valence-corrected chi connectivity index (χ2v) is 6.82. The number of nitrogens with one attached hydrogen (secondary N) is 1. The molecule has 3 aromatic rings. The van der Waals surface area contributed by atoms with Crippen LogP contribution in [0.15, 0.2) is 30.3 Å². The number of benzene rings is 1. The fourth-order valence-electron chi connectivity index (χ4n) is 2.66. The Labute approximate surface area is 169 Å². The van der Waals surface area contributed by atoms with Gasteiger partial charge < -0.3 is 10.1 Å². The van der Waals surface area contributed by atoms with Crippen LogP contribution in [0, 0.1) is 0 Å². The zero-order chi connectivity index (χ0) is 21.3. The van der Waals surface area contributed by atoms with Gasteiger partial charge in [0.05, 0.1) is 12.8 Å². The van der Waals surface area contributed by atoms with Gasteiger partial charge in [-0.25, -0.2) is 9.50 Å². The van der Waals surface area contributed by atoms with Crippen LogP contribution in [-0.4, -0.2) is 33.7 Å². The fraction of sp³-hybridized carbons (Fsp3) is 0.316. The van der Waals surface area contributed by atoms with Crippen LogP contribution < -0.4 is 10.1 Å². The van der Waals surface area contributed by atoms with Crippen molar-refractivity contribution in [2.45, 2.75) is 32.5 Å². The average molecular weight is 427 g/mol. The number of alkyl halides is 3. The summed E-state index contributed by atoms with van der Waals surface area (Å²) in [4.78, 5) is 16.6. The minimum Gasteiger partial charge on any atom is -0.497 e. The van der Waals surface area contributed by atoms with Gasteiger partial charge in [-0.3, -0.25) is 4.79 Å². The van der Waals surface area contributed by atoms with Crippen molar-refractivity contribution in [1.82, 2.24) is 19.9 Å². The largest absolute Gasteiger partial charge is 0.497 e. The van der Waals surface area contributed by atoms with Crippen LogP contribution in [0.1, 0.15) is 36.5 Å². The number of ether oxygens (including phenoxy) is 1. The summed E-state index contributed by atoms with van der Waals surface area (Å²) in [5.41, 5.74) is -1.23. The van der Waals surface area contributed by atoms with Crippen molar-refractivity contribution >= 4 is 23.2 Å². The van der Waals surface area contributed by atoms with E-state index in [-0.39, 0.29) is 28.1 Å². The summed E-state index contributed by atoms with van der Waals surface area (Å²) in [6.07, 6.45) is -4.10. The highest BCUT2D eigenvalue weighted by Crippen LogP contribution is 2.35. The van der Waals surface area contributed by atoms with E-state index in [0.29, 0.717) is 22.2 Å². The predicted octanol–water partition coefficient (Wildman–Crippen LogP) is 4.61. The number of halogens is 4. The molecule has 2 heterocycles. The topological polar surface area (TPSA) is 68.5 Å². The molecule has 0 saturated heterocycles. The lowest BCUT2D eigenvalue weighted by Crippen LogP contribution is -2.32. The summed E-state index contributed by atoms with van der Waals surface area (Å²) in [7, 11) is 1.45. The quantitative estimate of drug-likeness (QED) is 0.647. The molecule has 0 saturated carbocycles. The van der Waals surface area contributed by atoms with Gasteiger partial charge in [-0.1, -0.05) is 30.7 Å². The van der Waals surface area contributed by atoms with Crippen molar-refractivity contribution in [3.05, 3.63) is 46.7 Å². The first-order chi connectivity index (χ1) is 13.7. The standard InChI is InChI=1S/C19H18ClF3N4O2/c1-4-10(2)24-18(28)16-15(20)17-25-13(11-6-5-7-12(8-11)29-3)9-14(19(21,22)23)27(17)26-16/h5-10H,4H2,1-3H3,(H,24,28). The molecule has 1 N–H and O–H groups in total. The highest BCUT2D eigenvalue weighted by atomic mass is 35.5. The zero-order valence-corrected chi connectivity index (χ0v) is 16.6. The molecule has 0 aliphatic carbocycles. The van der Waals surface area contributed by atoms with Crippen molar-refractivity contribution in [3.63, 3.8) is 0 Å². The number of rotatable bonds is 5. The molecule has 3 rings (SSSR count). The van der Waals surface area contributed by atoms with Gasteiger partial charge in [-0.05, 0) is 31.5 Å². The van der Waals surface area contributed by atoms with Gasteiger partial charge in [0.2, 0.25) is 0 Å². The van der Waals surface area contributed by atoms with Crippen molar-refractivity contribution in [1.29, 1.82) is 0 Å². The van der Waals surface area contributed by atoms with Gasteiger partial charge in [0, 0.05) is 11.6 Å². The Bertz CT molecular complexity index is 1070. The van der Waals surface area contributed by atoms with Crippen molar-refractivity contribution in [2.75, 3.05) is 7.11 Å². The number of aromatic nitrogens is 3. The normalized spacial score (nSPS) is 12.8. The van der Waals surface area contributed by atoms with Crippen LogP contribution >= 0.6 is 11.6 Å². The Hall–Kier alpha value is -2.81. The molecule has 29 heavy (non-hydrogen) atoms. The molecule has 1 atom stereocenters. The van der Waals surface area contributed by atoms with Crippen molar-refractivity contribution in [2.24, 2.45) is 0 Å². The summed E-state index contributed by atoms with van der Waals surface area (Å²) in [6, 6.07) is 7.13. The van der Waals surface area contributed by atoms with Gasteiger partial charge in [-0.15, -0.1) is 0 Å². The Balaban J connectivity index is 2.22. The maximum atomic E-state index is 13.7. The molecule has 0 bridgehead atoms. The third-order valence-electron chi connectivity index (χ3n) is 4.39. The van der Waals surface area contributed by atoms with Gasteiger partial charge in [0.15, 0.2) is 17.0 Å². The molecule has 0 spiro atoms. The number of carbonyl (C=O) groups is 1. The van der Waals surface area contributed by atoms with E-state index in [2.05, 4.69) is 15.4 Å². The molecule has 1 aromatic carbocycles. The van der Waals surface area contributed by atoms with E-state index in [0.717, 1.165) is 6.07 Å². The Morgan fingerprint density at radius 3 is 2.69 bits per heavy atom. The second-order valence-electron chi connectivity index (χ2n) is 6.44. The molecule has 0 fully saturated rings. The van der Waals surface area contributed by atoms with Crippen LogP contribution in [-0.2, 0) is 6.18 Å². The van der Waals surface area contributed by atoms with E-state index in [1.54, 1.807) is 31.2 Å². The molecular formula is C19H18ClF3N4O2.